The molecule has 0 fully saturated rings. The molecule has 0 atom stereocenters. The fraction of sp³-hybridized carbons (Fsp3) is 0.389. The van der Waals surface area contributed by atoms with Gasteiger partial charge in [-0.1, -0.05) is 13.3 Å². The van der Waals surface area contributed by atoms with Crippen LogP contribution in [0.4, 0.5) is 5.69 Å². The van der Waals surface area contributed by atoms with Crippen molar-refractivity contribution in [3.05, 3.63) is 29.0 Å². The highest BCUT2D eigenvalue weighted by Gasteiger charge is 2.20. The number of aryl methyl sites for hydroxylation is 1. The summed E-state index contributed by atoms with van der Waals surface area (Å²) in [4.78, 5) is 28.3. The van der Waals surface area contributed by atoms with Crippen LogP contribution in [0.3, 0.4) is 0 Å². The standard InChI is InChI=1S/C18H22N2O4/c1-5-7-11-16-13(8-12(10(3)21)17(11)22)14(19-4)9-15(20-16)18(23)24-6-2/h8-9,22H,5-7H2,1-4H3,(H,19,20). The van der Waals surface area contributed by atoms with Crippen LogP contribution in [-0.2, 0) is 11.2 Å². The Kier molecular flexibility index (Phi) is 5.39. The topological polar surface area (TPSA) is 88.5 Å². The Balaban J connectivity index is 2.85. The van der Waals surface area contributed by atoms with E-state index < -0.39 is 5.97 Å². The molecule has 1 aromatic heterocycles. The zero-order valence-electron chi connectivity index (χ0n) is 14.4. The third-order valence-electron chi connectivity index (χ3n) is 3.81. The van der Waals surface area contributed by atoms with E-state index in [4.69, 9.17) is 4.74 Å². The van der Waals surface area contributed by atoms with Gasteiger partial charge in [-0.05, 0) is 32.4 Å². The molecule has 2 aromatic rings. The van der Waals surface area contributed by atoms with Gasteiger partial charge in [0.05, 0.1) is 17.7 Å². The van der Waals surface area contributed by atoms with Crippen LogP contribution in [0.25, 0.3) is 10.9 Å². The Hall–Kier alpha value is -2.63. The minimum absolute atomic E-state index is 0.0626. The second-order valence-electron chi connectivity index (χ2n) is 5.48. The monoisotopic (exact) mass is 330 g/mol. The van der Waals surface area contributed by atoms with E-state index in [1.807, 2.05) is 6.92 Å². The molecule has 0 unspecified atom stereocenters. The van der Waals surface area contributed by atoms with Crippen molar-refractivity contribution in [2.75, 3.05) is 19.0 Å². The summed E-state index contributed by atoms with van der Waals surface area (Å²) in [6.07, 6.45) is 1.32. The van der Waals surface area contributed by atoms with Gasteiger partial charge in [0.15, 0.2) is 11.5 Å². The van der Waals surface area contributed by atoms with Gasteiger partial charge in [0.1, 0.15) is 5.75 Å². The number of ether oxygens (including phenoxy) is 1. The average Bonchev–Trinajstić information content (AvgIpc) is 2.56. The molecule has 0 spiro atoms. The number of carbonyl (C=O) groups is 2. The number of nitrogens with one attached hydrogen (secondary N) is 1. The molecule has 0 saturated heterocycles. The summed E-state index contributed by atoms with van der Waals surface area (Å²) < 4.78 is 5.02. The zero-order valence-corrected chi connectivity index (χ0v) is 14.4. The van der Waals surface area contributed by atoms with Crippen LogP contribution >= 0.6 is 0 Å². The number of aromatic nitrogens is 1. The Labute approximate surface area is 140 Å². The van der Waals surface area contributed by atoms with Crippen molar-refractivity contribution >= 4 is 28.3 Å². The van der Waals surface area contributed by atoms with E-state index in [1.54, 1.807) is 26.1 Å². The predicted octanol–water partition coefficient (Wildman–Crippen LogP) is 3.31. The van der Waals surface area contributed by atoms with Gasteiger partial charge in [-0.25, -0.2) is 9.78 Å². The van der Waals surface area contributed by atoms with Crippen molar-refractivity contribution in [3.63, 3.8) is 0 Å². The van der Waals surface area contributed by atoms with Gasteiger partial charge < -0.3 is 15.2 Å². The number of carbonyl (C=O) groups excluding carboxylic acids is 2. The molecule has 0 aliphatic rings. The first-order valence-electron chi connectivity index (χ1n) is 7.99. The van der Waals surface area contributed by atoms with E-state index >= 15 is 0 Å². The summed E-state index contributed by atoms with van der Waals surface area (Å²) in [6.45, 7) is 5.37. The van der Waals surface area contributed by atoms with Gasteiger partial charge >= 0.3 is 5.97 Å². The highest BCUT2D eigenvalue weighted by Crippen LogP contribution is 2.35. The number of Topliss-reactive ketones (excluding diaryl/α,β-unsaturated/α-hetero) is 1. The summed E-state index contributed by atoms with van der Waals surface area (Å²) in [5, 5.41) is 14.2. The van der Waals surface area contributed by atoms with Gasteiger partial charge in [-0.2, -0.15) is 0 Å². The van der Waals surface area contributed by atoms with E-state index in [0.717, 1.165) is 6.42 Å². The second-order valence-corrected chi connectivity index (χ2v) is 5.48. The van der Waals surface area contributed by atoms with Crippen LogP contribution < -0.4 is 5.32 Å². The van der Waals surface area contributed by atoms with Gasteiger partial charge in [-0.3, -0.25) is 4.79 Å². The first kappa shape index (κ1) is 17.7. The van der Waals surface area contributed by atoms with Crippen LogP contribution in [0.5, 0.6) is 5.75 Å². The molecule has 1 heterocycles. The van der Waals surface area contributed by atoms with E-state index in [9.17, 15) is 14.7 Å². The maximum absolute atomic E-state index is 12.1. The zero-order chi connectivity index (χ0) is 17.9. The van der Waals surface area contributed by atoms with Crippen LogP contribution in [-0.4, -0.2) is 35.5 Å². The number of ketones is 1. The quantitative estimate of drug-likeness (QED) is 0.624. The molecule has 6 nitrogen and oxygen atoms in total. The van der Waals surface area contributed by atoms with Crippen LogP contribution in [0.1, 0.15) is 53.6 Å². The van der Waals surface area contributed by atoms with Crippen LogP contribution in [0.15, 0.2) is 12.1 Å². The number of phenolic OH excluding ortho intramolecular Hbond substituents is 1. The maximum atomic E-state index is 12.1. The average molecular weight is 330 g/mol. The summed E-state index contributed by atoms with van der Waals surface area (Å²) >= 11 is 0. The smallest absolute Gasteiger partial charge is 0.357 e. The van der Waals surface area contributed by atoms with Crippen molar-refractivity contribution < 1.29 is 19.4 Å². The lowest BCUT2D eigenvalue weighted by Crippen LogP contribution is -2.10. The number of anilines is 1. The number of rotatable bonds is 6. The number of pyridine rings is 1. The number of benzene rings is 1. The number of hydrogen-bond acceptors (Lipinski definition) is 6. The van der Waals surface area contributed by atoms with Gasteiger partial charge in [0.25, 0.3) is 0 Å². The fourth-order valence-electron chi connectivity index (χ4n) is 2.69. The fourth-order valence-corrected chi connectivity index (χ4v) is 2.69. The van der Waals surface area contributed by atoms with Crippen LogP contribution in [0.2, 0.25) is 0 Å². The number of fused-ring (bicyclic) bond motifs is 1. The Bertz CT molecular complexity index is 799. The van der Waals surface area contributed by atoms with Gasteiger partial charge in [-0.15, -0.1) is 0 Å². The number of hydrogen-bond donors (Lipinski definition) is 2. The van der Waals surface area contributed by atoms with Gasteiger partial charge in [0, 0.05) is 23.7 Å². The third kappa shape index (κ3) is 3.18. The number of nitrogens with zero attached hydrogens (tertiary/aromatic N) is 1. The molecule has 0 aliphatic carbocycles. The molecule has 2 rings (SSSR count). The van der Waals surface area contributed by atoms with Gasteiger partial charge in [0.2, 0.25) is 0 Å². The van der Waals surface area contributed by atoms with Crippen molar-refractivity contribution in [3.8, 4) is 5.75 Å². The molecular formula is C18H22N2O4. The third-order valence-corrected chi connectivity index (χ3v) is 3.81. The number of aromatic hydroxyl groups is 1. The first-order chi connectivity index (χ1) is 11.4. The summed E-state index contributed by atoms with van der Waals surface area (Å²) in [7, 11) is 1.73. The molecule has 6 heteroatoms. The minimum atomic E-state index is -0.520. The molecule has 2 N–H and O–H groups in total. The van der Waals surface area contributed by atoms with Crippen molar-refractivity contribution in [1.82, 2.24) is 4.98 Å². The normalized spacial score (nSPS) is 10.7. The molecular weight excluding hydrogens is 308 g/mol. The first-order valence-corrected chi connectivity index (χ1v) is 7.99. The van der Waals surface area contributed by atoms with Crippen molar-refractivity contribution in [2.45, 2.75) is 33.6 Å². The molecule has 0 bridgehead atoms. The van der Waals surface area contributed by atoms with E-state index in [2.05, 4.69) is 10.3 Å². The van der Waals surface area contributed by atoms with E-state index in [0.29, 0.717) is 28.6 Å². The molecule has 1 aromatic carbocycles. The Morgan fingerprint density at radius 3 is 2.54 bits per heavy atom. The lowest BCUT2D eigenvalue weighted by molar-refractivity contribution is 0.0520. The largest absolute Gasteiger partial charge is 0.507 e. The number of esters is 1. The SMILES string of the molecule is CCCc1c(O)c(C(C)=O)cc2c(NC)cc(C(=O)OCC)nc12. The maximum Gasteiger partial charge on any atom is 0.357 e. The predicted molar refractivity (Wildman–Crippen MR) is 92.9 cm³/mol. The van der Waals surface area contributed by atoms with Crippen LogP contribution in [0, 0.1) is 0 Å². The highest BCUT2D eigenvalue weighted by molar-refractivity contribution is 6.06. The summed E-state index contributed by atoms with van der Waals surface area (Å²) in [5.41, 5.74) is 2.16. The molecule has 0 saturated carbocycles. The highest BCUT2D eigenvalue weighted by atomic mass is 16.5. The van der Waals surface area contributed by atoms with E-state index in [1.165, 1.54) is 6.92 Å². The summed E-state index contributed by atoms with van der Waals surface area (Å²) in [6, 6.07) is 3.21. The van der Waals surface area contributed by atoms with Crippen molar-refractivity contribution in [2.24, 2.45) is 0 Å². The number of phenols is 1. The minimum Gasteiger partial charge on any atom is -0.507 e. The lowest BCUT2D eigenvalue weighted by Gasteiger charge is -2.15. The molecule has 24 heavy (non-hydrogen) atoms. The van der Waals surface area contributed by atoms with Crippen molar-refractivity contribution in [1.29, 1.82) is 0 Å². The molecule has 0 radical (unpaired) electrons. The van der Waals surface area contributed by atoms with E-state index in [-0.39, 0.29) is 29.4 Å². The second kappa shape index (κ2) is 7.29. The molecule has 0 amide bonds. The molecule has 128 valence electrons. The molecule has 0 aliphatic heterocycles. The Morgan fingerprint density at radius 1 is 1.29 bits per heavy atom. The summed E-state index contributed by atoms with van der Waals surface area (Å²) in [5.74, 6) is -0.802. The lowest BCUT2D eigenvalue weighted by atomic mass is 9.97. The Morgan fingerprint density at radius 2 is 2.00 bits per heavy atom.